The molecule has 0 saturated carbocycles. The predicted molar refractivity (Wildman–Crippen MR) is 102 cm³/mol. The average molecular weight is 402 g/mol. The number of nitro groups is 1. The number of hydrogen-bond donors (Lipinski definition) is 1. The van der Waals surface area contributed by atoms with E-state index in [1.807, 2.05) is 16.7 Å². The fourth-order valence-electron chi connectivity index (χ4n) is 2.70. The van der Waals surface area contributed by atoms with E-state index in [0.29, 0.717) is 0 Å². The topological polar surface area (TPSA) is 116 Å². The molecule has 0 spiro atoms. The molecule has 0 bridgehead atoms. The summed E-state index contributed by atoms with van der Waals surface area (Å²) in [5.41, 5.74) is 1.22. The Kier molecular flexibility index (Phi) is 5.43. The van der Waals surface area contributed by atoms with E-state index in [0.717, 1.165) is 17.3 Å². The van der Waals surface area contributed by atoms with Gasteiger partial charge in [0.05, 0.1) is 23.3 Å². The largest absolute Gasteiger partial charge is 0.490 e. The first-order chi connectivity index (χ1) is 13.3. The number of aromatic nitrogens is 2. The van der Waals surface area contributed by atoms with Gasteiger partial charge in [0.2, 0.25) is 10.0 Å². The van der Waals surface area contributed by atoms with Gasteiger partial charge in [-0.3, -0.25) is 10.1 Å². The number of methoxy groups -OCH3 is 1. The molecule has 1 heterocycles. The molecule has 0 amide bonds. The predicted octanol–water partition coefficient (Wildman–Crippen LogP) is 2.83. The van der Waals surface area contributed by atoms with E-state index in [1.54, 1.807) is 37.8 Å². The van der Waals surface area contributed by atoms with E-state index in [2.05, 4.69) is 9.71 Å². The first-order valence-electron chi connectivity index (χ1n) is 8.25. The van der Waals surface area contributed by atoms with Crippen LogP contribution in [0.15, 0.2) is 66.1 Å². The lowest BCUT2D eigenvalue weighted by atomic mass is 10.1. The van der Waals surface area contributed by atoms with Crippen molar-refractivity contribution in [3.63, 3.8) is 0 Å². The second-order valence-corrected chi connectivity index (χ2v) is 7.71. The van der Waals surface area contributed by atoms with Crippen molar-refractivity contribution in [3.05, 3.63) is 76.9 Å². The van der Waals surface area contributed by atoms with Crippen molar-refractivity contribution in [1.29, 1.82) is 0 Å². The van der Waals surface area contributed by atoms with Crippen LogP contribution in [0.25, 0.3) is 5.69 Å². The summed E-state index contributed by atoms with van der Waals surface area (Å²) in [6.07, 6.45) is 5.13. The summed E-state index contributed by atoms with van der Waals surface area (Å²) in [5.74, 6) is -0.00732. The minimum Gasteiger partial charge on any atom is -0.490 e. The molecule has 3 aromatic rings. The van der Waals surface area contributed by atoms with Gasteiger partial charge in [-0.25, -0.2) is 18.1 Å². The Labute approximate surface area is 161 Å². The Morgan fingerprint density at radius 2 is 1.93 bits per heavy atom. The highest BCUT2D eigenvalue weighted by atomic mass is 32.2. The second kappa shape index (κ2) is 7.79. The molecule has 0 aliphatic carbocycles. The maximum atomic E-state index is 12.7. The summed E-state index contributed by atoms with van der Waals surface area (Å²) >= 11 is 0. The first kappa shape index (κ1) is 19.5. The zero-order valence-corrected chi connectivity index (χ0v) is 16.0. The fourth-order valence-corrected chi connectivity index (χ4v) is 3.95. The van der Waals surface area contributed by atoms with Crippen molar-refractivity contribution in [3.8, 4) is 11.4 Å². The Morgan fingerprint density at radius 1 is 1.21 bits per heavy atom. The van der Waals surface area contributed by atoms with Crippen molar-refractivity contribution in [2.24, 2.45) is 0 Å². The summed E-state index contributed by atoms with van der Waals surface area (Å²) in [6, 6.07) is 10.3. The monoisotopic (exact) mass is 402 g/mol. The SMILES string of the molecule is COc1ccc(S(=O)(=O)N[C@@H](C)c2ccc(-n3ccnc3)cc2)cc1[N+](=O)[O-]. The third-order valence-electron chi connectivity index (χ3n) is 4.18. The van der Waals surface area contributed by atoms with Gasteiger partial charge in [-0.1, -0.05) is 12.1 Å². The standard InChI is InChI=1S/C18H18N4O5S/c1-13(14-3-5-15(6-4-14)21-10-9-19-12-21)20-28(25,26)16-7-8-18(27-2)17(11-16)22(23)24/h3-13,20H,1-2H3/t13-/m0/s1. The van der Waals surface area contributed by atoms with E-state index < -0.39 is 26.7 Å². The molecule has 0 aliphatic rings. The molecule has 9 nitrogen and oxygen atoms in total. The van der Waals surface area contributed by atoms with Crippen molar-refractivity contribution < 1.29 is 18.1 Å². The van der Waals surface area contributed by atoms with Crippen LogP contribution in [0, 0.1) is 10.1 Å². The number of ether oxygens (including phenoxy) is 1. The van der Waals surface area contributed by atoms with Crippen LogP contribution in [0.4, 0.5) is 5.69 Å². The van der Waals surface area contributed by atoms with Gasteiger partial charge in [0.25, 0.3) is 0 Å². The van der Waals surface area contributed by atoms with Gasteiger partial charge in [-0.15, -0.1) is 0 Å². The van der Waals surface area contributed by atoms with Crippen LogP contribution >= 0.6 is 0 Å². The number of nitro benzene ring substituents is 1. The zero-order valence-electron chi connectivity index (χ0n) is 15.1. The Morgan fingerprint density at radius 3 is 2.50 bits per heavy atom. The van der Waals surface area contributed by atoms with Gasteiger partial charge < -0.3 is 9.30 Å². The number of nitrogens with one attached hydrogen (secondary N) is 1. The highest BCUT2D eigenvalue weighted by Gasteiger charge is 2.23. The lowest BCUT2D eigenvalue weighted by Crippen LogP contribution is -2.27. The summed E-state index contributed by atoms with van der Waals surface area (Å²) in [4.78, 5) is 14.2. The second-order valence-electron chi connectivity index (χ2n) is 6.00. The number of benzene rings is 2. The molecule has 28 heavy (non-hydrogen) atoms. The average Bonchev–Trinajstić information content (AvgIpc) is 3.22. The molecule has 0 saturated heterocycles. The Hall–Kier alpha value is -3.24. The van der Waals surface area contributed by atoms with Crippen LogP contribution in [0.3, 0.4) is 0 Å². The molecule has 0 radical (unpaired) electrons. The van der Waals surface area contributed by atoms with Gasteiger partial charge in [0.1, 0.15) is 0 Å². The smallest absolute Gasteiger partial charge is 0.312 e. The van der Waals surface area contributed by atoms with Crippen LogP contribution in [-0.2, 0) is 10.0 Å². The lowest BCUT2D eigenvalue weighted by Gasteiger charge is -2.15. The fraction of sp³-hybridized carbons (Fsp3) is 0.167. The Balaban J connectivity index is 1.82. The van der Waals surface area contributed by atoms with Gasteiger partial charge in [0, 0.05) is 30.2 Å². The zero-order chi connectivity index (χ0) is 20.3. The normalized spacial score (nSPS) is 12.5. The van der Waals surface area contributed by atoms with E-state index in [4.69, 9.17) is 4.74 Å². The molecule has 0 fully saturated rings. The molecule has 146 valence electrons. The van der Waals surface area contributed by atoms with E-state index >= 15 is 0 Å². The van der Waals surface area contributed by atoms with E-state index in [1.165, 1.54) is 19.2 Å². The maximum absolute atomic E-state index is 12.7. The number of imidazole rings is 1. The number of sulfonamides is 1. The molecule has 1 N–H and O–H groups in total. The molecule has 0 unspecified atom stereocenters. The van der Waals surface area contributed by atoms with Crippen molar-refractivity contribution in [2.75, 3.05) is 7.11 Å². The summed E-state index contributed by atoms with van der Waals surface area (Å²) in [6.45, 7) is 1.70. The highest BCUT2D eigenvalue weighted by molar-refractivity contribution is 7.89. The first-order valence-corrected chi connectivity index (χ1v) is 9.73. The van der Waals surface area contributed by atoms with Crippen molar-refractivity contribution in [1.82, 2.24) is 14.3 Å². The Bertz CT molecular complexity index is 1080. The van der Waals surface area contributed by atoms with Crippen LogP contribution < -0.4 is 9.46 Å². The molecule has 1 atom stereocenters. The molecule has 2 aromatic carbocycles. The van der Waals surface area contributed by atoms with E-state index in [-0.39, 0.29) is 10.6 Å². The van der Waals surface area contributed by atoms with Crippen LogP contribution in [-0.4, -0.2) is 30.0 Å². The number of rotatable bonds is 7. The van der Waals surface area contributed by atoms with Crippen molar-refractivity contribution in [2.45, 2.75) is 17.9 Å². The molecule has 0 aliphatic heterocycles. The van der Waals surface area contributed by atoms with E-state index in [9.17, 15) is 18.5 Å². The van der Waals surface area contributed by atoms with Gasteiger partial charge >= 0.3 is 5.69 Å². The minimum absolute atomic E-state index is 0.00732. The lowest BCUT2D eigenvalue weighted by molar-refractivity contribution is -0.386. The third-order valence-corrected chi connectivity index (χ3v) is 5.72. The molecule has 3 rings (SSSR count). The molecule has 1 aromatic heterocycles. The summed E-state index contributed by atoms with van der Waals surface area (Å²) in [5, 5.41) is 11.1. The van der Waals surface area contributed by atoms with Gasteiger partial charge in [-0.2, -0.15) is 0 Å². The van der Waals surface area contributed by atoms with Crippen LogP contribution in [0.5, 0.6) is 5.75 Å². The van der Waals surface area contributed by atoms with Gasteiger partial charge in [0.15, 0.2) is 5.75 Å². The third kappa shape index (κ3) is 4.02. The summed E-state index contributed by atoms with van der Waals surface area (Å²) in [7, 11) is -2.69. The van der Waals surface area contributed by atoms with Crippen LogP contribution in [0.1, 0.15) is 18.5 Å². The minimum atomic E-state index is -3.97. The number of hydrogen-bond acceptors (Lipinski definition) is 6. The van der Waals surface area contributed by atoms with Gasteiger partial charge in [-0.05, 0) is 36.8 Å². The highest BCUT2D eigenvalue weighted by Crippen LogP contribution is 2.30. The summed E-state index contributed by atoms with van der Waals surface area (Å²) < 4.78 is 34.6. The molecular formula is C18H18N4O5S. The quantitative estimate of drug-likeness (QED) is 0.480. The van der Waals surface area contributed by atoms with Crippen molar-refractivity contribution >= 4 is 15.7 Å². The molecule has 10 heteroatoms. The van der Waals surface area contributed by atoms with Crippen LogP contribution in [0.2, 0.25) is 0 Å². The number of nitrogens with zero attached hydrogens (tertiary/aromatic N) is 3. The maximum Gasteiger partial charge on any atom is 0.312 e. The molecular weight excluding hydrogens is 384 g/mol.